The van der Waals surface area contributed by atoms with Crippen molar-refractivity contribution in [2.24, 2.45) is 0 Å². The summed E-state index contributed by atoms with van der Waals surface area (Å²) < 4.78 is 8.81. The third-order valence-electron chi connectivity index (χ3n) is 3.62. The number of anilines is 1. The summed E-state index contributed by atoms with van der Waals surface area (Å²) in [5, 5.41) is 2.77. The maximum absolute atomic E-state index is 12.5. The summed E-state index contributed by atoms with van der Waals surface area (Å²) >= 11 is 3.35. The van der Waals surface area contributed by atoms with Gasteiger partial charge in [0.05, 0.1) is 12.8 Å². The fraction of sp³-hybridized carbons (Fsp3) is 0.111. The van der Waals surface area contributed by atoms with Crippen molar-refractivity contribution >= 4 is 27.5 Å². The molecule has 2 aromatic carbocycles. The van der Waals surface area contributed by atoms with E-state index < -0.39 is 0 Å². The first kappa shape index (κ1) is 17.0. The number of amides is 1. The van der Waals surface area contributed by atoms with Crippen molar-refractivity contribution in [2.75, 3.05) is 12.4 Å². The Balaban J connectivity index is 1.74. The predicted octanol–water partition coefficient (Wildman–Crippen LogP) is 3.05. The minimum Gasteiger partial charge on any atom is -0.497 e. The highest BCUT2D eigenvalue weighted by atomic mass is 79.9. The maximum atomic E-state index is 12.5. The van der Waals surface area contributed by atoms with Gasteiger partial charge < -0.3 is 10.1 Å². The zero-order valence-corrected chi connectivity index (χ0v) is 15.1. The van der Waals surface area contributed by atoms with Crippen molar-refractivity contribution in [3.05, 3.63) is 75.9 Å². The zero-order chi connectivity index (χ0) is 17.8. The maximum Gasteiger partial charge on any atom is 0.333 e. The molecular formula is C18H16BrN3O3. The van der Waals surface area contributed by atoms with Crippen LogP contribution in [0.1, 0.15) is 0 Å². The van der Waals surface area contributed by atoms with E-state index in [9.17, 15) is 9.59 Å². The van der Waals surface area contributed by atoms with Crippen LogP contribution in [0.2, 0.25) is 0 Å². The number of methoxy groups -OCH3 is 1. The molecule has 0 aliphatic carbocycles. The largest absolute Gasteiger partial charge is 0.497 e. The van der Waals surface area contributed by atoms with Gasteiger partial charge in [0, 0.05) is 22.6 Å². The number of nitrogens with zero attached hydrogens (tertiary/aromatic N) is 2. The number of benzene rings is 2. The lowest BCUT2D eigenvalue weighted by Crippen LogP contribution is -2.28. The second-order valence-electron chi connectivity index (χ2n) is 5.34. The van der Waals surface area contributed by atoms with E-state index in [-0.39, 0.29) is 18.1 Å². The molecule has 0 saturated carbocycles. The van der Waals surface area contributed by atoms with Gasteiger partial charge in [-0.25, -0.2) is 4.79 Å². The van der Waals surface area contributed by atoms with Gasteiger partial charge in [-0.1, -0.05) is 22.0 Å². The highest BCUT2D eigenvalue weighted by Gasteiger charge is 2.10. The van der Waals surface area contributed by atoms with Crippen LogP contribution in [0.5, 0.6) is 5.75 Å². The fourth-order valence-corrected chi connectivity index (χ4v) is 2.79. The van der Waals surface area contributed by atoms with Gasteiger partial charge in [-0.3, -0.25) is 13.9 Å². The molecule has 0 atom stereocenters. The average Bonchev–Trinajstić information content (AvgIpc) is 2.95. The van der Waals surface area contributed by atoms with Gasteiger partial charge in [-0.2, -0.15) is 0 Å². The Morgan fingerprint density at radius 3 is 2.60 bits per heavy atom. The Hall–Kier alpha value is -2.80. The van der Waals surface area contributed by atoms with Crippen LogP contribution in [0.4, 0.5) is 5.69 Å². The fourth-order valence-electron chi connectivity index (χ4n) is 2.39. The minimum absolute atomic E-state index is 0.0610. The molecule has 1 N–H and O–H groups in total. The lowest BCUT2D eigenvalue weighted by molar-refractivity contribution is -0.116. The number of hydrogen-bond acceptors (Lipinski definition) is 3. The molecule has 0 bridgehead atoms. The first-order chi connectivity index (χ1) is 12.1. The van der Waals surface area contributed by atoms with Gasteiger partial charge in [0.2, 0.25) is 5.91 Å². The number of nitrogens with one attached hydrogen (secondary N) is 1. The first-order valence-corrected chi connectivity index (χ1v) is 8.34. The van der Waals surface area contributed by atoms with Crippen molar-refractivity contribution in [2.45, 2.75) is 6.54 Å². The molecule has 128 valence electrons. The zero-order valence-electron chi connectivity index (χ0n) is 13.5. The smallest absolute Gasteiger partial charge is 0.333 e. The lowest BCUT2D eigenvalue weighted by atomic mass is 10.3. The summed E-state index contributed by atoms with van der Waals surface area (Å²) in [6, 6.07) is 14.4. The standard InChI is InChI=1S/C18H16BrN3O3/c1-25-16-7-5-15(6-8-16)22-10-9-21(18(22)24)12-17(23)20-14-4-2-3-13(19)11-14/h2-11H,12H2,1H3,(H,20,23). The number of rotatable bonds is 5. The van der Waals surface area contributed by atoms with Gasteiger partial charge in [0.1, 0.15) is 12.3 Å². The Morgan fingerprint density at radius 1 is 1.16 bits per heavy atom. The number of ether oxygens (including phenoxy) is 1. The molecule has 0 saturated heterocycles. The van der Waals surface area contributed by atoms with Crippen LogP contribution in [-0.2, 0) is 11.3 Å². The van der Waals surface area contributed by atoms with Gasteiger partial charge in [0.15, 0.2) is 0 Å². The van der Waals surface area contributed by atoms with Crippen molar-refractivity contribution in [1.82, 2.24) is 9.13 Å². The van der Waals surface area contributed by atoms with E-state index in [2.05, 4.69) is 21.2 Å². The van der Waals surface area contributed by atoms with E-state index in [1.54, 1.807) is 55.9 Å². The minimum atomic E-state index is -0.283. The molecule has 0 aliphatic heterocycles. The molecule has 1 aromatic heterocycles. The highest BCUT2D eigenvalue weighted by Crippen LogP contribution is 2.16. The Morgan fingerprint density at radius 2 is 1.92 bits per heavy atom. The van der Waals surface area contributed by atoms with E-state index in [0.717, 1.165) is 4.47 Å². The number of hydrogen-bond donors (Lipinski definition) is 1. The first-order valence-electron chi connectivity index (χ1n) is 7.54. The van der Waals surface area contributed by atoms with E-state index in [0.29, 0.717) is 17.1 Å². The third kappa shape index (κ3) is 4.00. The molecule has 0 aliphatic rings. The number of imidazole rings is 1. The number of carbonyl (C=O) groups excluding carboxylic acids is 1. The van der Waals surface area contributed by atoms with Crippen LogP contribution < -0.4 is 15.7 Å². The number of carbonyl (C=O) groups is 1. The monoisotopic (exact) mass is 401 g/mol. The topological polar surface area (TPSA) is 65.3 Å². The van der Waals surface area contributed by atoms with Crippen molar-refractivity contribution in [1.29, 1.82) is 0 Å². The second kappa shape index (κ2) is 7.40. The molecular weight excluding hydrogens is 386 g/mol. The van der Waals surface area contributed by atoms with Gasteiger partial charge >= 0.3 is 5.69 Å². The number of halogens is 1. The van der Waals surface area contributed by atoms with Gasteiger partial charge in [-0.15, -0.1) is 0 Å². The number of aromatic nitrogens is 2. The predicted molar refractivity (Wildman–Crippen MR) is 99.4 cm³/mol. The molecule has 3 rings (SSSR count). The van der Waals surface area contributed by atoms with Crippen molar-refractivity contribution < 1.29 is 9.53 Å². The van der Waals surface area contributed by atoms with Crippen molar-refractivity contribution in [3.8, 4) is 11.4 Å². The Kier molecular flexibility index (Phi) is 5.04. The third-order valence-corrected chi connectivity index (χ3v) is 4.11. The van der Waals surface area contributed by atoms with E-state index in [1.807, 2.05) is 12.1 Å². The van der Waals surface area contributed by atoms with Crippen LogP contribution in [0.15, 0.2) is 70.2 Å². The van der Waals surface area contributed by atoms with Crippen LogP contribution >= 0.6 is 15.9 Å². The van der Waals surface area contributed by atoms with E-state index in [4.69, 9.17) is 4.74 Å². The summed E-state index contributed by atoms with van der Waals surface area (Å²) in [4.78, 5) is 24.6. The quantitative estimate of drug-likeness (QED) is 0.714. The molecule has 3 aromatic rings. The molecule has 0 unspecified atom stereocenters. The van der Waals surface area contributed by atoms with Gasteiger partial charge in [0.25, 0.3) is 0 Å². The summed E-state index contributed by atoms with van der Waals surface area (Å²) in [5.41, 5.74) is 1.09. The Labute approximate surface area is 152 Å². The molecule has 25 heavy (non-hydrogen) atoms. The van der Waals surface area contributed by atoms with Crippen LogP contribution in [-0.4, -0.2) is 22.2 Å². The molecule has 7 heteroatoms. The molecule has 0 radical (unpaired) electrons. The summed E-state index contributed by atoms with van der Waals surface area (Å²) in [7, 11) is 1.58. The van der Waals surface area contributed by atoms with Crippen LogP contribution in [0.25, 0.3) is 5.69 Å². The summed E-state index contributed by atoms with van der Waals surface area (Å²) in [6.45, 7) is -0.0610. The van der Waals surface area contributed by atoms with E-state index in [1.165, 1.54) is 9.13 Å². The second-order valence-corrected chi connectivity index (χ2v) is 6.25. The SMILES string of the molecule is COc1ccc(-n2ccn(CC(=O)Nc3cccc(Br)c3)c2=O)cc1. The normalized spacial score (nSPS) is 10.5. The van der Waals surface area contributed by atoms with Gasteiger partial charge in [-0.05, 0) is 42.5 Å². The van der Waals surface area contributed by atoms with Crippen LogP contribution in [0, 0.1) is 0 Å². The summed E-state index contributed by atoms with van der Waals surface area (Å²) in [5.74, 6) is 0.442. The summed E-state index contributed by atoms with van der Waals surface area (Å²) in [6.07, 6.45) is 3.23. The van der Waals surface area contributed by atoms with Crippen molar-refractivity contribution in [3.63, 3.8) is 0 Å². The molecule has 1 heterocycles. The molecule has 1 amide bonds. The molecule has 0 spiro atoms. The van der Waals surface area contributed by atoms with Crippen LogP contribution in [0.3, 0.4) is 0 Å². The average molecular weight is 402 g/mol. The lowest BCUT2D eigenvalue weighted by Gasteiger charge is -2.06. The van der Waals surface area contributed by atoms with E-state index >= 15 is 0 Å². The molecule has 6 nitrogen and oxygen atoms in total. The Bertz CT molecular complexity index is 945. The molecule has 0 fully saturated rings. The highest BCUT2D eigenvalue weighted by molar-refractivity contribution is 9.10.